The van der Waals surface area contributed by atoms with Crippen LogP contribution in [0.2, 0.25) is 0 Å². The molecule has 0 saturated carbocycles. The summed E-state index contributed by atoms with van der Waals surface area (Å²) in [4.78, 5) is 14.1. The fraction of sp³-hybridized carbons (Fsp3) is 0.333. The maximum Gasteiger partial charge on any atom is 0.257 e. The Kier molecular flexibility index (Phi) is 4.08. The zero-order valence-electron chi connectivity index (χ0n) is 12.2. The molecule has 2 rings (SSSR count). The Morgan fingerprint density at radius 3 is 2.70 bits per heavy atom. The normalized spacial score (nSPS) is 12.0. The van der Waals surface area contributed by atoms with Gasteiger partial charge < -0.3 is 9.64 Å². The van der Waals surface area contributed by atoms with Crippen LogP contribution >= 0.6 is 0 Å². The van der Waals surface area contributed by atoms with E-state index in [9.17, 15) is 4.79 Å². The molecule has 106 valence electrons. The van der Waals surface area contributed by atoms with Gasteiger partial charge in [-0.3, -0.25) is 9.48 Å². The van der Waals surface area contributed by atoms with Gasteiger partial charge in [0.15, 0.2) is 0 Å². The first-order chi connectivity index (χ1) is 9.54. The third kappa shape index (κ3) is 2.66. The molecular weight excluding hydrogens is 254 g/mol. The van der Waals surface area contributed by atoms with Gasteiger partial charge in [0.2, 0.25) is 0 Å². The minimum absolute atomic E-state index is 0.0588. The number of aromatic nitrogens is 2. The summed E-state index contributed by atoms with van der Waals surface area (Å²) >= 11 is 0. The van der Waals surface area contributed by atoms with E-state index < -0.39 is 0 Å². The number of aryl methyl sites for hydroxylation is 1. The largest absolute Gasteiger partial charge is 0.496 e. The second-order valence-corrected chi connectivity index (χ2v) is 4.74. The van der Waals surface area contributed by atoms with Crippen molar-refractivity contribution >= 4 is 5.91 Å². The Balaban J connectivity index is 2.24. The summed E-state index contributed by atoms with van der Waals surface area (Å²) in [5.41, 5.74) is 1.56. The third-order valence-electron chi connectivity index (χ3n) is 3.44. The van der Waals surface area contributed by atoms with Crippen molar-refractivity contribution in [1.82, 2.24) is 14.7 Å². The van der Waals surface area contributed by atoms with Crippen molar-refractivity contribution in [2.75, 3.05) is 14.2 Å². The average Bonchev–Trinajstić information content (AvgIpc) is 2.91. The Bertz CT molecular complexity index is 607. The fourth-order valence-corrected chi connectivity index (χ4v) is 2.13. The Morgan fingerprint density at radius 1 is 1.40 bits per heavy atom. The molecule has 1 aromatic heterocycles. The van der Waals surface area contributed by atoms with Crippen molar-refractivity contribution in [2.24, 2.45) is 7.05 Å². The summed E-state index contributed by atoms with van der Waals surface area (Å²) in [6, 6.07) is 7.64. The topological polar surface area (TPSA) is 47.4 Å². The Morgan fingerprint density at radius 2 is 2.10 bits per heavy atom. The van der Waals surface area contributed by atoms with Gasteiger partial charge >= 0.3 is 0 Å². The molecule has 0 N–H and O–H groups in total. The van der Waals surface area contributed by atoms with Crippen molar-refractivity contribution in [3.05, 3.63) is 47.8 Å². The number of methoxy groups -OCH3 is 1. The predicted molar refractivity (Wildman–Crippen MR) is 76.7 cm³/mol. The van der Waals surface area contributed by atoms with E-state index >= 15 is 0 Å². The quantitative estimate of drug-likeness (QED) is 0.858. The van der Waals surface area contributed by atoms with E-state index in [1.54, 1.807) is 43.2 Å². The lowest BCUT2D eigenvalue weighted by molar-refractivity contribution is 0.0741. The number of nitrogens with zero attached hydrogens (tertiary/aromatic N) is 3. The first-order valence-electron chi connectivity index (χ1n) is 6.43. The molecular formula is C15H19N3O2. The van der Waals surface area contributed by atoms with E-state index in [1.165, 1.54) is 0 Å². The molecule has 0 bridgehead atoms. The molecule has 5 nitrogen and oxygen atoms in total. The second-order valence-electron chi connectivity index (χ2n) is 4.74. The molecule has 2 aromatic rings. The van der Waals surface area contributed by atoms with Gasteiger partial charge in [0.25, 0.3) is 5.91 Å². The highest BCUT2D eigenvalue weighted by atomic mass is 16.5. The number of hydrogen-bond donors (Lipinski definition) is 0. The molecule has 1 unspecified atom stereocenters. The lowest BCUT2D eigenvalue weighted by Gasteiger charge is -2.26. The smallest absolute Gasteiger partial charge is 0.257 e. The number of benzene rings is 1. The highest BCUT2D eigenvalue weighted by Crippen LogP contribution is 2.28. The first-order valence-corrected chi connectivity index (χ1v) is 6.43. The van der Waals surface area contributed by atoms with E-state index in [2.05, 4.69) is 5.10 Å². The van der Waals surface area contributed by atoms with Gasteiger partial charge in [-0.2, -0.15) is 5.10 Å². The monoisotopic (exact) mass is 273 g/mol. The molecule has 0 aliphatic rings. The highest BCUT2D eigenvalue weighted by Gasteiger charge is 2.22. The SMILES string of the molecule is COc1ccccc1C(C)N(C)C(=O)c1cnn(C)c1. The Hall–Kier alpha value is -2.30. The minimum Gasteiger partial charge on any atom is -0.496 e. The van der Waals surface area contributed by atoms with Gasteiger partial charge in [0.05, 0.1) is 24.9 Å². The fourth-order valence-electron chi connectivity index (χ4n) is 2.13. The molecule has 0 fully saturated rings. The van der Waals surface area contributed by atoms with Gasteiger partial charge in [-0.15, -0.1) is 0 Å². The average molecular weight is 273 g/mol. The van der Waals surface area contributed by atoms with E-state index in [-0.39, 0.29) is 11.9 Å². The molecule has 0 aliphatic heterocycles. The zero-order chi connectivity index (χ0) is 14.7. The van der Waals surface area contributed by atoms with E-state index in [0.29, 0.717) is 5.56 Å². The molecule has 20 heavy (non-hydrogen) atoms. The molecule has 1 atom stereocenters. The zero-order valence-corrected chi connectivity index (χ0v) is 12.2. The van der Waals surface area contributed by atoms with Crippen LogP contribution in [0.4, 0.5) is 0 Å². The number of rotatable bonds is 4. The van der Waals surface area contributed by atoms with Crippen molar-refractivity contribution in [3.8, 4) is 5.75 Å². The van der Waals surface area contributed by atoms with Crippen LogP contribution in [-0.2, 0) is 7.05 Å². The molecule has 0 aliphatic carbocycles. The minimum atomic E-state index is -0.0844. The summed E-state index contributed by atoms with van der Waals surface area (Å²) in [5.74, 6) is 0.724. The first kappa shape index (κ1) is 14.1. The van der Waals surface area contributed by atoms with E-state index in [4.69, 9.17) is 4.74 Å². The van der Waals surface area contributed by atoms with Crippen molar-refractivity contribution < 1.29 is 9.53 Å². The number of carbonyl (C=O) groups excluding carboxylic acids is 1. The van der Waals surface area contributed by atoms with Crippen LogP contribution in [0.5, 0.6) is 5.75 Å². The number of amides is 1. The molecule has 5 heteroatoms. The maximum absolute atomic E-state index is 12.4. The van der Waals surface area contributed by atoms with Gasteiger partial charge in [-0.05, 0) is 13.0 Å². The summed E-state index contributed by atoms with van der Waals surface area (Å²) in [5, 5.41) is 4.03. The predicted octanol–water partition coefficient (Wildman–Crippen LogP) is 2.26. The van der Waals surface area contributed by atoms with Crippen LogP contribution < -0.4 is 4.74 Å². The number of hydrogen-bond acceptors (Lipinski definition) is 3. The van der Waals surface area contributed by atoms with Crippen LogP contribution in [0.1, 0.15) is 28.9 Å². The van der Waals surface area contributed by atoms with Gasteiger partial charge in [0.1, 0.15) is 5.75 Å². The Labute approximate surface area is 118 Å². The van der Waals surface area contributed by atoms with E-state index in [1.807, 2.05) is 31.2 Å². The lowest BCUT2D eigenvalue weighted by atomic mass is 10.1. The lowest BCUT2D eigenvalue weighted by Crippen LogP contribution is -2.29. The molecule has 1 aromatic carbocycles. The van der Waals surface area contributed by atoms with Crippen LogP contribution in [0.3, 0.4) is 0 Å². The number of para-hydroxylation sites is 1. The number of ether oxygens (including phenoxy) is 1. The van der Waals surface area contributed by atoms with Gasteiger partial charge in [0, 0.05) is 25.9 Å². The molecule has 0 radical (unpaired) electrons. The third-order valence-corrected chi connectivity index (χ3v) is 3.44. The van der Waals surface area contributed by atoms with Crippen molar-refractivity contribution in [2.45, 2.75) is 13.0 Å². The number of carbonyl (C=O) groups is 1. The summed E-state index contributed by atoms with van der Waals surface area (Å²) in [7, 11) is 5.21. The highest BCUT2D eigenvalue weighted by molar-refractivity contribution is 5.93. The summed E-state index contributed by atoms with van der Waals surface area (Å²) < 4.78 is 6.97. The maximum atomic E-state index is 12.4. The van der Waals surface area contributed by atoms with Crippen molar-refractivity contribution in [3.63, 3.8) is 0 Å². The van der Waals surface area contributed by atoms with Crippen LogP contribution in [0.25, 0.3) is 0 Å². The van der Waals surface area contributed by atoms with E-state index in [0.717, 1.165) is 11.3 Å². The van der Waals surface area contributed by atoms with Crippen LogP contribution in [0.15, 0.2) is 36.7 Å². The molecule has 0 spiro atoms. The standard InChI is InChI=1S/C15H19N3O2/c1-11(13-7-5-6-8-14(13)20-4)18(3)15(19)12-9-16-17(2)10-12/h5-11H,1-4H3. The molecule has 0 saturated heterocycles. The second kappa shape index (κ2) is 5.77. The van der Waals surface area contributed by atoms with Crippen molar-refractivity contribution in [1.29, 1.82) is 0 Å². The van der Waals surface area contributed by atoms with Gasteiger partial charge in [-0.25, -0.2) is 0 Å². The summed E-state index contributed by atoms with van der Waals surface area (Å²) in [6.07, 6.45) is 3.29. The molecule has 1 heterocycles. The van der Waals surface area contributed by atoms with Crippen LogP contribution in [-0.4, -0.2) is 34.7 Å². The van der Waals surface area contributed by atoms with Gasteiger partial charge in [-0.1, -0.05) is 18.2 Å². The summed E-state index contributed by atoms with van der Waals surface area (Å²) in [6.45, 7) is 1.98. The van der Waals surface area contributed by atoms with Crippen LogP contribution in [0, 0.1) is 0 Å². The molecule has 1 amide bonds.